The largest absolute Gasteiger partial charge is 0.317 e. The summed E-state index contributed by atoms with van der Waals surface area (Å²) in [6.45, 7) is 2.54. The molecule has 1 amide bonds. The van der Waals surface area contributed by atoms with Crippen molar-refractivity contribution in [1.29, 1.82) is 0 Å². The lowest BCUT2D eigenvalue weighted by Crippen LogP contribution is -2.33. The summed E-state index contributed by atoms with van der Waals surface area (Å²) in [6.07, 6.45) is 4.60. The van der Waals surface area contributed by atoms with Gasteiger partial charge < -0.3 is 10.2 Å². The molecule has 0 radical (unpaired) electrons. The molecule has 1 fully saturated rings. The van der Waals surface area contributed by atoms with Crippen LogP contribution in [0, 0.1) is 0 Å². The van der Waals surface area contributed by atoms with E-state index in [-0.39, 0.29) is 5.91 Å². The van der Waals surface area contributed by atoms with Crippen LogP contribution in [-0.2, 0) is 6.42 Å². The molecule has 0 aliphatic carbocycles. The molecule has 144 valence electrons. The van der Waals surface area contributed by atoms with Crippen LogP contribution in [0.3, 0.4) is 0 Å². The number of nitrogens with zero attached hydrogens (tertiary/aromatic N) is 4. The van der Waals surface area contributed by atoms with Gasteiger partial charge in [0, 0.05) is 12.2 Å². The monoisotopic (exact) mass is 375 g/mol. The second-order valence-electron chi connectivity index (χ2n) is 7.09. The van der Waals surface area contributed by atoms with Crippen LogP contribution in [-0.4, -0.2) is 40.5 Å². The minimum atomic E-state index is -0.109. The van der Waals surface area contributed by atoms with Gasteiger partial charge in [-0.2, -0.15) is 0 Å². The van der Waals surface area contributed by atoms with E-state index in [4.69, 9.17) is 0 Å². The molecule has 2 aromatic carbocycles. The van der Waals surface area contributed by atoms with E-state index in [1.54, 1.807) is 11.1 Å². The number of hydrogen-bond donors (Lipinski definition) is 1. The van der Waals surface area contributed by atoms with Crippen molar-refractivity contribution in [2.45, 2.75) is 25.3 Å². The number of aromatic nitrogens is 3. The number of para-hydroxylation sites is 1. The highest BCUT2D eigenvalue weighted by Crippen LogP contribution is 2.20. The van der Waals surface area contributed by atoms with Crippen molar-refractivity contribution in [3.05, 3.63) is 78.1 Å². The van der Waals surface area contributed by atoms with E-state index in [0.29, 0.717) is 18.3 Å². The van der Waals surface area contributed by atoms with Gasteiger partial charge in [0.05, 0.1) is 12.2 Å². The first-order valence-corrected chi connectivity index (χ1v) is 9.84. The van der Waals surface area contributed by atoms with Gasteiger partial charge in [-0.25, -0.2) is 4.68 Å². The first-order chi connectivity index (χ1) is 13.8. The summed E-state index contributed by atoms with van der Waals surface area (Å²) in [4.78, 5) is 15.1. The normalized spacial score (nSPS) is 14.7. The third-order valence-corrected chi connectivity index (χ3v) is 5.19. The summed E-state index contributed by atoms with van der Waals surface area (Å²) in [5, 5.41) is 11.8. The lowest BCUT2D eigenvalue weighted by atomic mass is 10.1. The molecule has 0 spiro atoms. The fraction of sp³-hybridized carbons (Fsp3) is 0.318. The Labute approximate surface area is 165 Å². The molecular formula is C22H25N5O. The van der Waals surface area contributed by atoms with Crippen LogP contribution < -0.4 is 10.2 Å². The number of benzene rings is 2. The second-order valence-corrected chi connectivity index (χ2v) is 7.09. The first-order valence-electron chi connectivity index (χ1n) is 9.84. The van der Waals surface area contributed by atoms with Crippen molar-refractivity contribution in [2.75, 3.05) is 24.5 Å². The van der Waals surface area contributed by atoms with E-state index in [1.807, 2.05) is 53.2 Å². The lowest BCUT2D eigenvalue weighted by Gasteiger charge is -2.23. The van der Waals surface area contributed by atoms with Crippen LogP contribution in [0.2, 0.25) is 0 Å². The Kier molecular flexibility index (Phi) is 5.77. The van der Waals surface area contributed by atoms with E-state index < -0.39 is 0 Å². The second kappa shape index (κ2) is 8.80. The Morgan fingerprint density at radius 3 is 2.43 bits per heavy atom. The van der Waals surface area contributed by atoms with Gasteiger partial charge in [0.2, 0.25) is 0 Å². The average molecular weight is 375 g/mol. The number of amides is 1. The maximum Gasteiger partial charge on any atom is 0.280 e. The van der Waals surface area contributed by atoms with Gasteiger partial charge in [0.1, 0.15) is 0 Å². The molecule has 28 heavy (non-hydrogen) atoms. The summed E-state index contributed by atoms with van der Waals surface area (Å²) in [6, 6.07) is 20.3. The number of carbonyl (C=O) groups excluding carboxylic acids is 1. The number of hydrogen-bond acceptors (Lipinski definition) is 4. The molecule has 0 unspecified atom stereocenters. The van der Waals surface area contributed by atoms with Crippen molar-refractivity contribution in [3.8, 4) is 0 Å². The van der Waals surface area contributed by atoms with Crippen LogP contribution in [0.4, 0.5) is 5.69 Å². The molecule has 1 saturated heterocycles. The molecule has 1 aliphatic rings. The summed E-state index contributed by atoms with van der Waals surface area (Å²) in [5.74, 6) is -0.109. The van der Waals surface area contributed by atoms with E-state index in [0.717, 1.165) is 38.0 Å². The third-order valence-electron chi connectivity index (χ3n) is 5.19. The van der Waals surface area contributed by atoms with Gasteiger partial charge in [0.25, 0.3) is 5.91 Å². The predicted octanol–water partition coefficient (Wildman–Crippen LogP) is 3.09. The quantitative estimate of drug-likeness (QED) is 0.719. The van der Waals surface area contributed by atoms with Crippen LogP contribution >= 0.6 is 0 Å². The Bertz CT molecular complexity index is 888. The zero-order valence-corrected chi connectivity index (χ0v) is 15.9. The van der Waals surface area contributed by atoms with Gasteiger partial charge in [0.15, 0.2) is 5.69 Å². The molecule has 1 aromatic heterocycles. The van der Waals surface area contributed by atoms with E-state index in [1.165, 1.54) is 5.56 Å². The van der Waals surface area contributed by atoms with Crippen molar-refractivity contribution in [3.63, 3.8) is 0 Å². The van der Waals surface area contributed by atoms with E-state index in [2.05, 4.69) is 27.8 Å². The molecule has 3 aromatic rings. The number of anilines is 1. The zero-order valence-electron chi connectivity index (χ0n) is 15.9. The van der Waals surface area contributed by atoms with Crippen molar-refractivity contribution in [1.82, 2.24) is 20.3 Å². The summed E-state index contributed by atoms with van der Waals surface area (Å²) < 4.78 is 1.86. The number of piperidine rings is 1. The van der Waals surface area contributed by atoms with Crippen molar-refractivity contribution in [2.24, 2.45) is 0 Å². The van der Waals surface area contributed by atoms with E-state index >= 15 is 0 Å². The average Bonchev–Trinajstić information content (AvgIpc) is 3.26. The fourth-order valence-corrected chi connectivity index (χ4v) is 3.60. The van der Waals surface area contributed by atoms with Gasteiger partial charge in [-0.1, -0.05) is 53.7 Å². The summed E-state index contributed by atoms with van der Waals surface area (Å²) in [7, 11) is 0. The third kappa shape index (κ3) is 4.28. The number of carbonyl (C=O) groups is 1. The highest BCUT2D eigenvalue weighted by molar-refractivity contribution is 6.04. The molecular weight excluding hydrogens is 350 g/mol. The molecule has 0 saturated carbocycles. The molecule has 4 rings (SSSR count). The minimum Gasteiger partial charge on any atom is -0.317 e. The molecule has 2 heterocycles. The van der Waals surface area contributed by atoms with Crippen LogP contribution in [0.25, 0.3) is 0 Å². The smallest absolute Gasteiger partial charge is 0.280 e. The fourth-order valence-electron chi connectivity index (χ4n) is 3.60. The van der Waals surface area contributed by atoms with Crippen molar-refractivity contribution < 1.29 is 4.79 Å². The highest BCUT2D eigenvalue weighted by atomic mass is 16.2. The number of rotatable bonds is 6. The van der Waals surface area contributed by atoms with Gasteiger partial charge >= 0.3 is 0 Å². The minimum absolute atomic E-state index is 0.109. The van der Waals surface area contributed by atoms with Crippen LogP contribution in [0.5, 0.6) is 0 Å². The topological polar surface area (TPSA) is 63.1 Å². The lowest BCUT2D eigenvalue weighted by molar-refractivity contribution is 0.0982. The Hall–Kier alpha value is -2.99. The van der Waals surface area contributed by atoms with E-state index in [9.17, 15) is 4.79 Å². The Morgan fingerprint density at radius 2 is 1.71 bits per heavy atom. The van der Waals surface area contributed by atoms with Gasteiger partial charge in [-0.15, -0.1) is 5.10 Å². The molecule has 6 heteroatoms. The van der Waals surface area contributed by atoms with Crippen LogP contribution in [0.1, 0.15) is 34.9 Å². The van der Waals surface area contributed by atoms with Crippen molar-refractivity contribution >= 4 is 11.6 Å². The highest BCUT2D eigenvalue weighted by Gasteiger charge is 2.23. The molecule has 1 N–H and O–H groups in total. The molecule has 0 bridgehead atoms. The summed E-state index contributed by atoms with van der Waals surface area (Å²) in [5.41, 5.74) is 2.48. The SMILES string of the molecule is O=C(c1cn(C2CCNCC2)nn1)N(CCc1ccccc1)c1ccccc1. The van der Waals surface area contributed by atoms with Gasteiger partial charge in [-0.05, 0) is 50.0 Å². The predicted molar refractivity (Wildman–Crippen MR) is 109 cm³/mol. The van der Waals surface area contributed by atoms with Crippen LogP contribution in [0.15, 0.2) is 66.9 Å². The Balaban J connectivity index is 1.53. The maximum atomic E-state index is 13.3. The maximum absolute atomic E-state index is 13.3. The zero-order chi connectivity index (χ0) is 19.2. The molecule has 6 nitrogen and oxygen atoms in total. The molecule has 1 aliphatic heterocycles. The standard InChI is InChI=1S/C22H25N5O/c28-22(21-17-27(25-24-21)20-11-14-23-15-12-20)26(19-9-5-2-6-10-19)16-13-18-7-3-1-4-8-18/h1-10,17,20,23H,11-16H2. The number of nitrogens with one attached hydrogen (secondary N) is 1. The summed E-state index contributed by atoms with van der Waals surface area (Å²) >= 11 is 0. The van der Waals surface area contributed by atoms with Gasteiger partial charge in [-0.3, -0.25) is 4.79 Å². The Morgan fingerprint density at radius 1 is 1.04 bits per heavy atom. The molecule has 0 atom stereocenters. The first kappa shape index (κ1) is 18.4.